The molecule has 2 aliphatic rings. The highest BCUT2D eigenvalue weighted by Gasteiger charge is 2.34. The second-order valence-electron chi connectivity index (χ2n) is 9.10. The van der Waals surface area contributed by atoms with Crippen LogP contribution in [0.4, 0.5) is 15.8 Å². The first kappa shape index (κ1) is 21.8. The molecule has 0 N–H and O–H groups in total. The first-order valence-corrected chi connectivity index (χ1v) is 11.1. The van der Waals surface area contributed by atoms with Crippen LogP contribution in [0, 0.1) is 5.82 Å². The summed E-state index contributed by atoms with van der Waals surface area (Å²) in [5.41, 5.74) is 3.98. The first-order valence-electron chi connectivity index (χ1n) is 11.1. The Morgan fingerprint density at radius 1 is 1.13 bits per heavy atom. The minimum Gasteiger partial charge on any atom is -0.368 e. The lowest BCUT2D eigenvalue weighted by Crippen LogP contribution is -2.57. The smallest absolute Gasteiger partial charge is 0.256 e. The van der Waals surface area contributed by atoms with E-state index in [1.54, 1.807) is 12.1 Å². The highest BCUT2D eigenvalue weighted by molar-refractivity contribution is 5.97. The summed E-state index contributed by atoms with van der Waals surface area (Å²) in [5.74, 6) is 0.163. The number of rotatable bonds is 6. The minimum absolute atomic E-state index is 0.0337. The van der Waals surface area contributed by atoms with Crippen molar-refractivity contribution in [2.75, 3.05) is 50.1 Å². The molecule has 4 rings (SSSR count). The molecule has 1 unspecified atom stereocenters. The van der Waals surface area contributed by atoms with Gasteiger partial charge in [0.2, 0.25) is 0 Å². The standard InChI is InChI=1S/C25H32FN3O2/c1-17(2)18-6-9-21(10-7-18)29-11-12-31-24(25(29)30)13-19-5-8-20(26)14-23(19)28-15-22(16-28)27(3)4/h5-10,14,17,22,24H,11-13,15-16H2,1-4H3. The van der Waals surface area contributed by atoms with Gasteiger partial charge < -0.3 is 19.4 Å². The van der Waals surface area contributed by atoms with Gasteiger partial charge in [-0.3, -0.25) is 4.79 Å². The maximum absolute atomic E-state index is 14.0. The zero-order valence-electron chi connectivity index (χ0n) is 18.8. The summed E-state index contributed by atoms with van der Waals surface area (Å²) in [6, 6.07) is 13.5. The number of hydrogen-bond acceptors (Lipinski definition) is 4. The van der Waals surface area contributed by atoms with Crippen LogP contribution in [-0.4, -0.2) is 63.3 Å². The van der Waals surface area contributed by atoms with Gasteiger partial charge in [0.25, 0.3) is 5.91 Å². The Hall–Kier alpha value is -2.44. The third kappa shape index (κ3) is 4.60. The Labute approximate surface area is 184 Å². The van der Waals surface area contributed by atoms with Gasteiger partial charge in [0, 0.05) is 43.5 Å². The number of amides is 1. The van der Waals surface area contributed by atoms with Gasteiger partial charge in [-0.25, -0.2) is 4.39 Å². The molecule has 2 aromatic rings. The molecule has 0 radical (unpaired) electrons. The lowest BCUT2D eigenvalue weighted by atomic mass is 9.99. The van der Waals surface area contributed by atoms with E-state index < -0.39 is 6.10 Å². The van der Waals surface area contributed by atoms with Gasteiger partial charge in [-0.05, 0) is 55.4 Å². The van der Waals surface area contributed by atoms with Gasteiger partial charge in [0.1, 0.15) is 11.9 Å². The van der Waals surface area contributed by atoms with E-state index in [4.69, 9.17) is 4.74 Å². The van der Waals surface area contributed by atoms with E-state index in [1.807, 2.05) is 17.0 Å². The normalized spacial score (nSPS) is 20.0. The van der Waals surface area contributed by atoms with Crippen LogP contribution in [-0.2, 0) is 16.0 Å². The molecule has 0 aromatic heterocycles. The van der Waals surface area contributed by atoms with E-state index in [1.165, 1.54) is 11.6 Å². The molecule has 2 saturated heterocycles. The van der Waals surface area contributed by atoms with Crippen LogP contribution in [0.5, 0.6) is 0 Å². The molecule has 1 atom stereocenters. The Morgan fingerprint density at radius 2 is 1.84 bits per heavy atom. The molecule has 0 aliphatic carbocycles. The third-order valence-electron chi connectivity index (χ3n) is 6.43. The number of likely N-dealkylation sites (N-methyl/N-ethyl adjacent to an activating group) is 1. The molecule has 31 heavy (non-hydrogen) atoms. The number of nitrogens with zero attached hydrogens (tertiary/aromatic N) is 3. The molecule has 166 valence electrons. The Morgan fingerprint density at radius 3 is 2.48 bits per heavy atom. The maximum atomic E-state index is 14.0. The van der Waals surface area contributed by atoms with E-state index >= 15 is 0 Å². The summed E-state index contributed by atoms with van der Waals surface area (Å²) in [6.07, 6.45) is -0.119. The van der Waals surface area contributed by atoms with Crippen LogP contribution in [0.25, 0.3) is 0 Å². The molecule has 2 fully saturated rings. The van der Waals surface area contributed by atoms with Crippen molar-refractivity contribution in [2.45, 2.75) is 38.3 Å². The van der Waals surface area contributed by atoms with Crippen molar-refractivity contribution in [3.8, 4) is 0 Å². The third-order valence-corrected chi connectivity index (χ3v) is 6.43. The van der Waals surface area contributed by atoms with Crippen molar-refractivity contribution < 1.29 is 13.9 Å². The van der Waals surface area contributed by atoms with Crippen molar-refractivity contribution in [1.29, 1.82) is 0 Å². The highest BCUT2D eigenvalue weighted by Crippen LogP contribution is 2.30. The quantitative estimate of drug-likeness (QED) is 0.708. The number of carbonyl (C=O) groups excluding carboxylic acids is 1. The fourth-order valence-electron chi connectivity index (χ4n) is 4.27. The number of anilines is 2. The largest absolute Gasteiger partial charge is 0.368 e. The lowest BCUT2D eigenvalue weighted by molar-refractivity contribution is -0.133. The molecular weight excluding hydrogens is 393 g/mol. The van der Waals surface area contributed by atoms with Crippen molar-refractivity contribution in [3.05, 3.63) is 59.4 Å². The lowest BCUT2D eigenvalue weighted by Gasteiger charge is -2.45. The number of benzene rings is 2. The zero-order chi connectivity index (χ0) is 22.1. The number of morpholine rings is 1. The molecule has 2 heterocycles. The highest BCUT2D eigenvalue weighted by atomic mass is 19.1. The predicted molar refractivity (Wildman–Crippen MR) is 122 cm³/mol. The molecule has 0 saturated carbocycles. The number of hydrogen-bond donors (Lipinski definition) is 0. The molecule has 2 aromatic carbocycles. The average molecular weight is 426 g/mol. The second-order valence-corrected chi connectivity index (χ2v) is 9.10. The molecule has 0 spiro atoms. The topological polar surface area (TPSA) is 36.0 Å². The van der Waals surface area contributed by atoms with Crippen LogP contribution in [0.15, 0.2) is 42.5 Å². The van der Waals surface area contributed by atoms with Crippen molar-refractivity contribution in [2.24, 2.45) is 0 Å². The summed E-state index contributed by atoms with van der Waals surface area (Å²) in [6.45, 7) is 7.07. The maximum Gasteiger partial charge on any atom is 0.256 e. The zero-order valence-corrected chi connectivity index (χ0v) is 18.8. The van der Waals surface area contributed by atoms with Gasteiger partial charge in [0.15, 0.2) is 0 Å². The van der Waals surface area contributed by atoms with Crippen LogP contribution < -0.4 is 9.80 Å². The monoisotopic (exact) mass is 425 g/mol. The van der Waals surface area contributed by atoms with Gasteiger partial charge in [-0.15, -0.1) is 0 Å². The average Bonchev–Trinajstić information content (AvgIpc) is 2.70. The molecule has 2 aliphatic heterocycles. The SMILES string of the molecule is CC(C)c1ccc(N2CCOC(Cc3ccc(F)cc3N3CC(N(C)C)C3)C2=O)cc1. The number of halogens is 1. The van der Waals surface area contributed by atoms with Crippen LogP contribution in [0.2, 0.25) is 0 Å². The van der Waals surface area contributed by atoms with Gasteiger partial charge >= 0.3 is 0 Å². The van der Waals surface area contributed by atoms with Crippen LogP contribution in [0.1, 0.15) is 30.9 Å². The van der Waals surface area contributed by atoms with Gasteiger partial charge in [-0.1, -0.05) is 32.0 Å². The second kappa shape index (κ2) is 8.97. The minimum atomic E-state index is -0.561. The molecule has 6 heteroatoms. The molecular formula is C25H32FN3O2. The van der Waals surface area contributed by atoms with Crippen LogP contribution >= 0.6 is 0 Å². The van der Waals surface area contributed by atoms with E-state index in [0.717, 1.165) is 30.0 Å². The number of ether oxygens (including phenoxy) is 1. The summed E-state index contributed by atoms with van der Waals surface area (Å²) in [7, 11) is 4.12. The van der Waals surface area contributed by atoms with E-state index in [0.29, 0.717) is 31.5 Å². The Balaban J connectivity index is 1.50. The van der Waals surface area contributed by atoms with E-state index in [-0.39, 0.29) is 11.7 Å². The summed E-state index contributed by atoms with van der Waals surface area (Å²) >= 11 is 0. The van der Waals surface area contributed by atoms with E-state index in [9.17, 15) is 9.18 Å². The first-order chi connectivity index (χ1) is 14.8. The molecule has 0 bridgehead atoms. The fourth-order valence-corrected chi connectivity index (χ4v) is 4.27. The molecule has 5 nitrogen and oxygen atoms in total. The van der Waals surface area contributed by atoms with Gasteiger partial charge in [0.05, 0.1) is 6.61 Å². The van der Waals surface area contributed by atoms with E-state index in [2.05, 4.69) is 49.9 Å². The Bertz CT molecular complexity index is 923. The predicted octanol–water partition coefficient (Wildman–Crippen LogP) is 3.67. The summed E-state index contributed by atoms with van der Waals surface area (Å²) in [5, 5.41) is 0. The summed E-state index contributed by atoms with van der Waals surface area (Å²) in [4.78, 5) is 19.4. The Kier molecular flexibility index (Phi) is 6.30. The van der Waals surface area contributed by atoms with Gasteiger partial charge in [-0.2, -0.15) is 0 Å². The van der Waals surface area contributed by atoms with Crippen molar-refractivity contribution in [1.82, 2.24) is 4.90 Å². The van der Waals surface area contributed by atoms with Crippen molar-refractivity contribution >= 4 is 17.3 Å². The molecule has 1 amide bonds. The van der Waals surface area contributed by atoms with Crippen LogP contribution in [0.3, 0.4) is 0 Å². The number of carbonyl (C=O) groups is 1. The fraction of sp³-hybridized carbons (Fsp3) is 0.480. The summed E-state index contributed by atoms with van der Waals surface area (Å²) < 4.78 is 19.9. The van der Waals surface area contributed by atoms with Crippen molar-refractivity contribution in [3.63, 3.8) is 0 Å².